The van der Waals surface area contributed by atoms with E-state index in [-0.39, 0.29) is 11.3 Å². The van der Waals surface area contributed by atoms with Crippen LogP contribution < -0.4 is 4.90 Å². The number of carbonyl (C=O) groups is 1. The maximum Gasteiger partial charge on any atom is 0.234 e. The predicted octanol–water partition coefficient (Wildman–Crippen LogP) is 4.18. The first-order valence-electron chi connectivity index (χ1n) is 7.47. The Morgan fingerprint density at radius 1 is 1.13 bits per heavy atom. The van der Waals surface area contributed by atoms with Gasteiger partial charge in [-0.25, -0.2) is 0 Å². The largest absolute Gasteiger partial charge is 0.378 e. The molecule has 1 atom stereocenters. The molecule has 0 bridgehead atoms. The summed E-state index contributed by atoms with van der Waals surface area (Å²) < 4.78 is 0. The number of carbonyl (C=O) groups excluding carboxylic acids is 1. The van der Waals surface area contributed by atoms with Gasteiger partial charge in [-0.1, -0.05) is 35.9 Å². The average molecular weight is 347 g/mol. The molecule has 3 nitrogen and oxygen atoms in total. The summed E-state index contributed by atoms with van der Waals surface area (Å²) in [7, 11) is 4.04. The van der Waals surface area contributed by atoms with Crippen molar-refractivity contribution in [3.8, 4) is 0 Å². The molecule has 1 aliphatic heterocycles. The molecule has 1 aliphatic rings. The Morgan fingerprint density at radius 2 is 1.78 bits per heavy atom. The van der Waals surface area contributed by atoms with Crippen molar-refractivity contribution in [1.29, 1.82) is 0 Å². The Balaban J connectivity index is 1.78. The molecule has 1 amide bonds. The third-order valence-corrected chi connectivity index (χ3v) is 5.44. The molecule has 1 fully saturated rings. The minimum atomic E-state index is 0.0632. The minimum Gasteiger partial charge on any atom is -0.378 e. The van der Waals surface area contributed by atoms with E-state index in [0.29, 0.717) is 17.3 Å². The summed E-state index contributed by atoms with van der Waals surface area (Å²) in [6, 6.07) is 16.1. The molecule has 0 aliphatic carbocycles. The summed E-state index contributed by atoms with van der Waals surface area (Å²) in [6.45, 7) is 0.632. The van der Waals surface area contributed by atoms with E-state index in [0.717, 1.165) is 16.8 Å². The SMILES string of the molecule is CN(C)c1ccc(CN2C(=O)CSC2c2ccc(Cl)cc2)cc1. The van der Waals surface area contributed by atoms with Gasteiger partial charge in [0.1, 0.15) is 5.37 Å². The van der Waals surface area contributed by atoms with E-state index in [1.807, 2.05) is 43.3 Å². The number of amides is 1. The monoisotopic (exact) mass is 346 g/mol. The van der Waals surface area contributed by atoms with Crippen molar-refractivity contribution >= 4 is 35.0 Å². The molecule has 1 heterocycles. The Morgan fingerprint density at radius 3 is 2.39 bits per heavy atom. The van der Waals surface area contributed by atoms with Gasteiger partial charge in [0.15, 0.2) is 0 Å². The Hall–Kier alpha value is -1.65. The summed E-state index contributed by atoms with van der Waals surface area (Å²) in [6.07, 6.45) is 0. The van der Waals surface area contributed by atoms with Crippen molar-refractivity contribution in [3.63, 3.8) is 0 Å². The number of thioether (sulfide) groups is 1. The molecule has 0 saturated carbocycles. The molecule has 5 heteroatoms. The highest BCUT2D eigenvalue weighted by atomic mass is 35.5. The maximum atomic E-state index is 12.3. The van der Waals surface area contributed by atoms with Crippen LogP contribution in [0.5, 0.6) is 0 Å². The minimum absolute atomic E-state index is 0.0632. The fourth-order valence-electron chi connectivity index (χ4n) is 2.62. The molecular formula is C18H19ClN2OS. The van der Waals surface area contributed by atoms with Crippen LogP contribution in [0, 0.1) is 0 Å². The van der Waals surface area contributed by atoms with Crippen LogP contribution in [0.1, 0.15) is 16.5 Å². The molecule has 23 heavy (non-hydrogen) atoms. The van der Waals surface area contributed by atoms with Crippen LogP contribution in [0.25, 0.3) is 0 Å². The maximum absolute atomic E-state index is 12.3. The topological polar surface area (TPSA) is 23.6 Å². The molecule has 120 valence electrons. The average Bonchev–Trinajstić information content (AvgIpc) is 2.90. The van der Waals surface area contributed by atoms with Gasteiger partial charge in [0.2, 0.25) is 5.91 Å². The van der Waals surface area contributed by atoms with Crippen molar-refractivity contribution in [2.24, 2.45) is 0 Å². The highest BCUT2D eigenvalue weighted by Gasteiger charge is 2.32. The first kappa shape index (κ1) is 16.2. The van der Waals surface area contributed by atoms with Crippen LogP contribution in [0.4, 0.5) is 5.69 Å². The number of rotatable bonds is 4. The number of nitrogens with zero attached hydrogens (tertiary/aromatic N) is 2. The summed E-state index contributed by atoms with van der Waals surface area (Å²) in [4.78, 5) is 16.3. The van der Waals surface area contributed by atoms with E-state index in [1.165, 1.54) is 0 Å². The number of benzene rings is 2. The van der Waals surface area contributed by atoms with E-state index in [2.05, 4.69) is 29.2 Å². The van der Waals surface area contributed by atoms with Gasteiger partial charge < -0.3 is 9.80 Å². The van der Waals surface area contributed by atoms with Crippen LogP contribution in [-0.2, 0) is 11.3 Å². The van der Waals surface area contributed by atoms with E-state index >= 15 is 0 Å². The summed E-state index contributed by atoms with van der Waals surface area (Å²) in [5.74, 6) is 0.718. The molecule has 1 unspecified atom stereocenters. The van der Waals surface area contributed by atoms with Crippen LogP contribution in [0.3, 0.4) is 0 Å². The lowest BCUT2D eigenvalue weighted by molar-refractivity contribution is -0.128. The molecule has 0 N–H and O–H groups in total. The second kappa shape index (κ2) is 6.85. The summed E-state index contributed by atoms with van der Waals surface area (Å²) in [5.41, 5.74) is 3.42. The van der Waals surface area contributed by atoms with Gasteiger partial charge in [0, 0.05) is 31.4 Å². The zero-order valence-electron chi connectivity index (χ0n) is 13.2. The first-order chi connectivity index (χ1) is 11.0. The Labute approximate surface area is 146 Å². The fraction of sp³-hybridized carbons (Fsp3) is 0.278. The zero-order valence-corrected chi connectivity index (χ0v) is 14.8. The molecule has 0 radical (unpaired) electrons. The van der Waals surface area contributed by atoms with E-state index in [1.54, 1.807) is 11.8 Å². The molecule has 0 spiro atoms. The van der Waals surface area contributed by atoms with Crippen molar-refractivity contribution < 1.29 is 4.79 Å². The lowest BCUT2D eigenvalue weighted by atomic mass is 10.1. The van der Waals surface area contributed by atoms with Crippen molar-refractivity contribution in [1.82, 2.24) is 4.90 Å². The Kier molecular flexibility index (Phi) is 4.83. The highest BCUT2D eigenvalue weighted by Crippen LogP contribution is 2.39. The molecule has 1 saturated heterocycles. The Bertz CT molecular complexity index is 685. The van der Waals surface area contributed by atoms with Crippen molar-refractivity contribution in [2.75, 3.05) is 24.7 Å². The van der Waals surface area contributed by atoms with Gasteiger partial charge in [-0.2, -0.15) is 0 Å². The third kappa shape index (κ3) is 3.65. The highest BCUT2D eigenvalue weighted by molar-refractivity contribution is 8.00. The van der Waals surface area contributed by atoms with Crippen LogP contribution in [-0.4, -0.2) is 30.7 Å². The van der Waals surface area contributed by atoms with Gasteiger partial charge in [-0.15, -0.1) is 11.8 Å². The quantitative estimate of drug-likeness (QED) is 0.829. The summed E-state index contributed by atoms with van der Waals surface area (Å²) >= 11 is 7.63. The van der Waals surface area contributed by atoms with Gasteiger partial charge in [0.05, 0.1) is 5.75 Å². The second-order valence-electron chi connectivity index (χ2n) is 5.80. The molecular weight excluding hydrogens is 328 g/mol. The number of halogens is 1. The van der Waals surface area contributed by atoms with Crippen LogP contribution in [0.15, 0.2) is 48.5 Å². The smallest absolute Gasteiger partial charge is 0.234 e. The van der Waals surface area contributed by atoms with Crippen LogP contribution >= 0.6 is 23.4 Å². The molecule has 0 aromatic heterocycles. The van der Waals surface area contributed by atoms with E-state index < -0.39 is 0 Å². The van der Waals surface area contributed by atoms with Gasteiger partial charge in [-0.3, -0.25) is 4.79 Å². The predicted molar refractivity (Wildman–Crippen MR) is 98.0 cm³/mol. The number of hydrogen-bond acceptors (Lipinski definition) is 3. The molecule has 3 rings (SSSR count). The fourth-order valence-corrected chi connectivity index (χ4v) is 3.94. The molecule has 2 aromatic carbocycles. The van der Waals surface area contributed by atoms with Gasteiger partial charge in [-0.05, 0) is 35.4 Å². The summed E-state index contributed by atoms with van der Waals surface area (Å²) in [5, 5.41) is 0.780. The van der Waals surface area contributed by atoms with Gasteiger partial charge >= 0.3 is 0 Å². The number of anilines is 1. The van der Waals surface area contributed by atoms with Crippen molar-refractivity contribution in [2.45, 2.75) is 11.9 Å². The van der Waals surface area contributed by atoms with Crippen molar-refractivity contribution in [3.05, 3.63) is 64.7 Å². The number of hydrogen-bond donors (Lipinski definition) is 0. The van der Waals surface area contributed by atoms with E-state index in [9.17, 15) is 4.79 Å². The third-order valence-electron chi connectivity index (χ3n) is 3.93. The van der Waals surface area contributed by atoms with Crippen LogP contribution in [0.2, 0.25) is 5.02 Å². The zero-order chi connectivity index (χ0) is 16.4. The van der Waals surface area contributed by atoms with Gasteiger partial charge in [0.25, 0.3) is 0 Å². The lowest BCUT2D eigenvalue weighted by Gasteiger charge is -2.24. The lowest BCUT2D eigenvalue weighted by Crippen LogP contribution is -2.27. The second-order valence-corrected chi connectivity index (χ2v) is 7.30. The standard InChI is InChI=1S/C18H19ClN2OS/c1-20(2)16-9-3-13(4-10-16)11-21-17(22)12-23-18(21)14-5-7-15(19)8-6-14/h3-10,18H,11-12H2,1-2H3. The molecule has 2 aromatic rings. The van der Waals surface area contributed by atoms with E-state index in [4.69, 9.17) is 11.6 Å². The normalized spacial score (nSPS) is 17.6. The first-order valence-corrected chi connectivity index (χ1v) is 8.90.